The quantitative estimate of drug-likeness (QED) is 0.246. The predicted octanol–water partition coefficient (Wildman–Crippen LogP) is -2.04. The zero-order valence-electron chi connectivity index (χ0n) is 3.74. The number of hydrogen-bond donors (Lipinski definition) is 3. The first-order chi connectivity index (χ1) is 3.23. The molecule has 0 aliphatic carbocycles. The van der Waals surface area contributed by atoms with Crippen molar-refractivity contribution in [2.75, 3.05) is 13.2 Å². The highest BCUT2D eigenvalue weighted by Crippen LogP contribution is 1.84. The molecular formula is C2H7BO4. The zero-order chi connectivity index (χ0) is 5.70. The summed E-state index contributed by atoms with van der Waals surface area (Å²) in [5.41, 5.74) is 0. The molecule has 1 rings (SSSR count). The van der Waals surface area contributed by atoms with Crippen LogP contribution in [0.1, 0.15) is 0 Å². The summed E-state index contributed by atoms with van der Waals surface area (Å²) >= 11 is 0. The highest BCUT2D eigenvalue weighted by Gasteiger charge is 1.94. The summed E-state index contributed by atoms with van der Waals surface area (Å²) in [6, 6.07) is 0. The van der Waals surface area contributed by atoms with Crippen LogP contribution < -0.4 is 0 Å². The standard InChI is InChI=1S/C2H4O.BH3O3/c1-2-3-1;2-1(3)4/h1-2H2;2-4H. The second-order valence-corrected chi connectivity index (χ2v) is 0.959. The van der Waals surface area contributed by atoms with E-state index in [1.165, 1.54) is 0 Å². The van der Waals surface area contributed by atoms with E-state index >= 15 is 0 Å². The van der Waals surface area contributed by atoms with Gasteiger partial charge in [-0.3, -0.25) is 0 Å². The Morgan fingerprint density at radius 3 is 1.29 bits per heavy atom. The number of epoxide rings is 1. The fourth-order valence-corrected chi connectivity index (χ4v) is 0. The Bertz CT molecular complexity index is 31.2. The minimum Gasteiger partial charge on any atom is -0.402 e. The maximum Gasteiger partial charge on any atom is 0.631 e. The van der Waals surface area contributed by atoms with E-state index in [0.717, 1.165) is 13.2 Å². The van der Waals surface area contributed by atoms with Crippen LogP contribution in [-0.2, 0) is 4.74 Å². The van der Waals surface area contributed by atoms with Crippen molar-refractivity contribution in [1.82, 2.24) is 0 Å². The van der Waals surface area contributed by atoms with Crippen molar-refractivity contribution in [2.45, 2.75) is 0 Å². The third-order valence-electron chi connectivity index (χ3n) is 0.204. The first-order valence-electron chi connectivity index (χ1n) is 1.85. The zero-order valence-corrected chi connectivity index (χ0v) is 3.74. The van der Waals surface area contributed by atoms with E-state index < -0.39 is 7.32 Å². The van der Waals surface area contributed by atoms with Crippen molar-refractivity contribution >= 4 is 7.32 Å². The molecule has 0 radical (unpaired) electrons. The molecule has 7 heavy (non-hydrogen) atoms. The predicted molar refractivity (Wildman–Crippen MR) is 23.2 cm³/mol. The lowest BCUT2D eigenvalue weighted by Crippen LogP contribution is -2.07. The second kappa shape index (κ2) is 4.07. The van der Waals surface area contributed by atoms with Gasteiger partial charge in [0, 0.05) is 0 Å². The molecule has 0 amide bonds. The Morgan fingerprint density at radius 1 is 1.14 bits per heavy atom. The largest absolute Gasteiger partial charge is 0.631 e. The van der Waals surface area contributed by atoms with Crippen molar-refractivity contribution in [3.63, 3.8) is 0 Å². The van der Waals surface area contributed by atoms with Crippen LogP contribution in [0.15, 0.2) is 0 Å². The summed E-state index contributed by atoms with van der Waals surface area (Å²) in [4.78, 5) is 0. The molecule has 0 aromatic carbocycles. The van der Waals surface area contributed by atoms with Crippen LogP contribution >= 0.6 is 0 Å². The van der Waals surface area contributed by atoms with Crippen LogP contribution in [0.3, 0.4) is 0 Å². The number of hydrogen-bond acceptors (Lipinski definition) is 4. The first-order valence-corrected chi connectivity index (χ1v) is 1.85. The van der Waals surface area contributed by atoms with E-state index in [-0.39, 0.29) is 0 Å². The Balaban J connectivity index is 0.000000105. The monoisotopic (exact) mass is 106 g/mol. The normalized spacial score (nSPS) is 14.1. The molecule has 1 aliphatic heterocycles. The van der Waals surface area contributed by atoms with Gasteiger partial charge < -0.3 is 19.8 Å². The number of rotatable bonds is 0. The van der Waals surface area contributed by atoms with Crippen LogP contribution in [0.25, 0.3) is 0 Å². The average Bonchev–Trinajstić information content (AvgIpc) is 2.02. The molecule has 3 N–H and O–H groups in total. The van der Waals surface area contributed by atoms with E-state index in [1.54, 1.807) is 0 Å². The molecule has 5 heteroatoms. The van der Waals surface area contributed by atoms with Gasteiger partial charge in [0.15, 0.2) is 0 Å². The molecule has 4 nitrogen and oxygen atoms in total. The van der Waals surface area contributed by atoms with Crippen LogP contribution in [0.5, 0.6) is 0 Å². The van der Waals surface area contributed by atoms with E-state index in [9.17, 15) is 0 Å². The van der Waals surface area contributed by atoms with E-state index in [1.807, 2.05) is 0 Å². The fraction of sp³-hybridized carbons (Fsp3) is 1.00. The third-order valence-corrected chi connectivity index (χ3v) is 0.204. The Labute approximate surface area is 41.5 Å². The van der Waals surface area contributed by atoms with Crippen LogP contribution in [0, 0.1) is 0 Å². The van der Waals surface area contributed by atoms with Gasteiger partial charge in [-0.25, -0.2) is 0 Å². The third kappa shape index (κ3) is 110. The highest BCUT2D eigenvalue weighted by atomic mass is 16.6. The number of ether oxygens (including phenoxy) is 1. The molecule has 0 bridgehead atoms. The van der Waals surface area contributed by atoms with Gasteiger partial charge in [-0.05, 0) is 0 Å². The maximum absolute atomic E-state index is 7.17. The molecule has 42 valence electrons. The molecule has 0 aromatic rings. The molecular weight excluding hydrogens is 98.8 g/mol. The summed E-state index contributed by atoms with van der Waals surface area (Å²) in [7, 11) is -2.17. The molecule has 0 aromatic heterocycles. The summed E-state index contributed by atoms with van der Waals surface area (Å²) in [6.07, 6.45) is 0. The highest BCUT2D eigenvalue weighted by molar-refractivity contribution is 6.30. The summed E-state index contributed by atoms with van der Waals surface area (Å²) in [5, 5.41) is 21.5. The molecule has 0 saturated carbocycles. The van der Waals surface area contributed by atoms with Gasteiger partial charge in [0.05, 0.1) is 13.2 Å². The first kappa shape index (κ1) is 6.90. The van der Waals surface area contributed by atoms with Gasteiger partial charge in [-0.1, -0.05) is 0 Å². The summed E-state index contributed by atoms with van der Waals surface area (Å²) < 4.78 is 4.50. The van der Waals surface area contributed by atoms with Gasteiger partial charge in [-0.15, -0.1) is 0 Å². The van der Waals surface area contributed by atoms with Crippen molar-refractivity contribution in [2.24, 2.45) is 0 Å². The Morgan fingerprint density at radius 2 is 1.29 bits per heavy atom. The summed E-state index contributed by atoms with van der Waals surface area (Å²) in [6.45, 7) is 2.00. The fourth-order valence-electron chi connectivity index (χ4n) is 0. The van der Waals surface area contributed by atoms with E-state index in [0.29, 0.717) is 0 Å². The van der Waals surface area contributed by atoms with Gasteiger partial charge in [0.25, 0.3) is 0 Å². The maximum atomic E-state index is 7.17. The molecule has 0 spiro atoms. The van der Waals surface area contributed by atoms with Crippen LogP contribution in [0.2, 0.25) is 0 Å². The average molecular weight is 106 g/mol. The molecule has 0 atom stereocenters. The lowest BCUT2D eigenvalue weighted by Gasteiger charge is -1.69. The Kier molecular flexibility index (Phi) is 4.02. The van der Waals surface area contributed by atoms with Crippen molar-refractivity contribution in [3.8, 4) is 0 Å². The van der Waals surface area contributed by atoms with Crippen LogP contribution in [0.4, 0.5) is 0 Å². The molecule has 0 unspecified atom stereocenters. The van der Waals surface area contributed by atoms with Crippen LogP contribution in [-0.4, -0.2) is 35.6 Å². The van der Waals surface area contributed by atoms with Gasteiger partial charge in [-0.2, -0.15) is 0 Å². The molecule has 1 saturated heterocycles. The van der Waals surface area contributed by atoms with E-state index in [4.69, 9.17) is 15.1 Å². The minimum absolute atomic E-state index is 1.00. The van der Waals surface area contributed by atoms with Crippen molar-refractivity contribution in [3.05, 3.63) is 0 Å². The van der Waals surface area contributed by atoms with Crippen molar-refractivity contribution < 1.29 is 19.8 Å². The molecule has 1 heterocycles. The lowest BCUT2D eigenvalue weighted by molar-refractivity contribution is 0.278. The van der Waals surface area contributed by atoms with Gasteiger partial charge >= 0.3 is 7.32 Å². The smallest absolute Gasteiger partial charge is 0.402 e. The SMILES string of the molecule is C1CO1.OB(O)O. The molecule has 1 aliphatic rings. The topological polar surface area (TPSA) is 73.2 Å². The van der Waals surface area contributed by atoms with Gasteiger partial charge in [0.2, 0.25) is 0 Å². The summed E-state index contributed by atoms with van der Waals surface area (Å²) in [5.74, 6) is 0. The molecule has 1 fully saturated rings. The lowest BCUT2D eigenvalue weighted by atomic mass is 10.3. The Hall–Kier alpha value is -0.0951. The van der Waals surface area contributed by atoms with Crippen molar-refractivity contribution in [1.29, 1.82) is 0 Å². The van der Waals surface area contributed by atoms with Gasteiger partial charge in [0.1, 0.15) is 0 Å². The second-order valence-electron chi connectivity index (χ2n) is 0.959. The van der Waals surface area contributed by atoms with E-state index in [2.05, 4.69) is 4.74 Å². The minimum atomic E-state index is -2.17.